The van der Waals surface area contributed by atoms with Gasteiger partial charge >= 0.3 is 0 Å². The molecule has 0 aliphatic rings. The maximum Gasteiger partial charge on any atom is 0.255 e. The Labute approximate surface area is 125 Å². The van der Waals surface area contributed by atoms with E-state index in [2.05, 4.69) is 5.32 Å². The van der Waals surface area contributed by atoms with E-state index in [1.54, 1.807) is 0 Å². The number of carbonyl (C=O) groups excluding carboxylic acids is 1. The van der Waals surface area contributed by atoms with Gasteiger partial charge in [0.1, 0.15) is 0 Å². The van der Waals surface area contributed by atoms with E-state index in [-0.39, 0.29) is 12.5 Å². The van der Waals surface area contributed by atoms with Gasteiger partial charge in [-0.2, -0.15) is 0 Å². The van der Waals surface area contributed by atoms with Gasteiger partial charge in [-0.25, -0.2) is 0 Å². The summed E-state index contributed by atoms with van der Waals surface area (Å²) in [5.41, 5.74) is 3.68. The van der Waals surface area contributed by atoms with Crippen molar-refractivity contribution < 1.29 is 9.90 Å². The van der Waals surface area contributed by atoms with Crippen molar-refractivity contribution in [3.8, 4) is 0 Å². The molecule has 1 amide bonds. The SMILES string of the molecule is CCc1ccccc1C(=O)Nc1cccc(CCCO)c1. The molecule has 3 nitrogen and oxygen atoms in total. The van der Waals surface area contributed by atoms with Crippen molar-refractivity contribution >= 4 is 11.6 Å². The first-order chi connectivity index (χ1) is 10.2. The topological polar surface area (TPSA) is 49.3 Å². The van der Waals surface area contributed by atoms with Crippen molar-refractivity contribution in [1.82, 2.24) is 0 Å². The summed E-state index contributed by atoms with van der Waals surface area (Å²) in [6.07, 6.45) is 2.38. The largest absolute Gasteiger partial charge is 0.396 e. The van der Waals surface area contributed by atoms with E-state index in [1.165, 1.54) is 0 Å². The molecule has 2 N–H and O–H groups in total. The fraction of sp³-hybridized carbons (Fsp3) is 0.278. The van der Waals surface area contributed by atoms with Crippen LogP contribution in [-0.2, 0) is 12.8 Å². The fourth-order valence-electron chi connectivity index (χ4n) is 2.34. The quantitative estimate of drug-likeness (QED) is 0.853. The summed E-state index contributed by atoms with van der Waals surface area (Å²) in [6.45, 7) is 2.22. The maximum absolute atomic E-state index is 12.4. The van der Waals surface area contributed by atoms with Crippen molar-refractivity contribution in [2.75, 3.05) is 11.9 Å². The molecule has 2 aromatic carbocycles. The summed E-state index contributed by atoms with van der Waals surface area (Å²) in [6, 6.07) is 15.4. The lowest BCUT2D eigenvalue weighted by Gasteiger charge is -2.10. The predicted molar refractivity (Wildman–Crippen MR) is 85.6 cm³/mol. The summed E-state index contributed by atoms with van der Waals surface area (Å²) in [4.78, 5) is 12.4. The third kappa shape index (κ3) is 4.17. The third-order valence-electron chi connectivity index (χ3n) is 3.45. The highest BCUT2D eigenvalue weighted by Gasteiger charge is 2.10. The van der Waals surface area contributed by atoms with Crippen LogP contribution < -0.4 is 5.32 Å². The molecule has 0 atom stereocenters. The highest BCUT2D eigenvalue weighted by atomic mass is 16.2. The van der Waals surface area contributed by atoms with Crippen LogP contribution in [0.25, 0.3) is 0 Å². The van der Waals surface area contributed by atoms with Gasteiger partial charge in [0.25, 0.3) is 5.91 Å². The normalized spacial score (nSPS) is 10.4. The molecule has 0 aliphatic carbocycles. The fourth-order valence-corrected chi connectivity index (χ4v) is 2.34. The first-order valence-corrected chi connectivity index (χ1v) is 7.33. The molecule has 110 valence electrons. The summed E-state index contributed by atoms with van der Waals surface area (Å²) < 4.78 is 0. The minimum Gasteiger partial charge on any atom is -0.396 e. The summed E-state index contributed by atoms with van der Waals surface area (Å²) in [7, 11) is 0. The van der Waals surface area contributed by atoms with Crippen molar-refractivity contribution in [2.24, 2.45) is 0 Å². The van der Waals surface area contributed by atoms with E-state index in [9.17, 15) is 4.79 Å². The molecule has 2 rings (SSSR count). The molecule has 0 heterocycles. The van der Waals surface area contributed by atoms with Gasteiger partial charge in [0, 0.05) is 17.9 Å². The highest BCUT2D eigenvalue weighted by molar-refractivity contribution is 6.05. The standard InChI is InChI=1S/C18H21NO2/c1-2-15-9-3-4-11-17(15)18(21)19-16-10-5-7-14(13-16)8-6-12-20/h3-5,7,9-11,13,20H,2,6,8,12H2,1H3,(H,19,21). The number of anilines is 1. The second-order valence-corrected chi connectivity index (χ2v) is 4.99. The van der Waals surface area contributed by atoms with E-state index >= 15 is 0 Å². The molecular weight excluding hydrogens is 262 g/mol. The lowest BCUT2D eigenvalue weighted by Crippen LogP contribution is -2.14. The molecule has 0 saturated carbocycles. The predicted octanol–water partition coefficient (Wildman–Crippen LogP) is 3.43. The van der Waals surface area contributed by atoms with Gasteiger partial charge in [0.05, 0.1) is 0 Å². The number of aryl methyl sites for hydroxylation is 2. The van der Waals surface area contributed by atoms with Gasteiger partial charge in [0.2, 0.25) is 0 Å². The van der Waals surface area contributed by atoms with Crippen LogP contribution in [0.5, 0.6) is 0 Å². The van der Waals surface area contributed by atoms with E-state index < -0.39 is 0 Å². The average molecular weight is 283 g/mol. The van der Waals surface area contributed by atoms with E-state index in [1.807, 2.05) is 55.5 Å². The smallest absolute Gasteiger partial charge is 0.255 e. The van der Waals surface area contributed by atoms with Crippen LogP contribution >= 0.6 is 0 Å². The zero-order valence-electron chi connectivity index (χ0n) is 12.3. The summed E-state index contributed by atoms with van der Waals surface area (Å²) in [5, 5.41) is 11.8. The second-order valence-electron chi connectivity index (χ2n) is 4.99. The van der Waals surface area contributed by atoms with Crippen LogP contribution in [0, 0.1) is 0 Å². The Balaban J connectivity index is 2.12. The lowest BCUT2D eigenvalue weighted by atomic mass is 10.0. The summed E-state index contributed by atoms with van der Waals surface area (Å²) in [5.74, 6) is -0.0771. The first-order valence-electron chi connectivity index (χ1n) is 7.33. The molecule has 0 radical (unpaired) electrons. The van der Waals surface area contributed by atoms with Gasteiger partial charge in [-0.3, -0.25) is 4.79 Å². The molecular formula is C18H21NO2. The van der Waals surface area contributed by atoms with Crippen LogP contribution in [0.3, 0.4) is 0 Å². The van der Waals surface area contributed by atoms with Crippen LogP contribution in [0.2, 0.25) is 0 Å². The van der Waals surface area contributed by atoms with Gasteiger partial charge in [-0.15, -0.1) is 0 Å². The van der Waals surface area contributed by atoms with Gasteiger partial charge in [-0.1, -0.05) is 37.3 Å². The number of aliphatic hydroxyl groups is 1. The Hall–Kier alpha value is -2.13. The average Bonchev–Trinajstić information content (AvgIpc) is 2.53. The number of nitrogens with one attached hydrogen (secondary N) is 1. The lowest BCUT2D eigenvalue weighted by molar-refractivity contribution is 0.102. The Morgan fingerprint density at radius 1 is 1.14 bits per heavy atom. The third-order valence-corrected chi connectivity index (χ3v) is 3.45. The van der Waals surface area contributed by atoms with E-state index in [0.717, 1.165) is 41.6 Å². The number of aliphatic hydroxyl groups excluding tert-OH is 1. The Bertz CT molecular complexity index is 608. The zero-order chi connectivity index (χ0) is 15.1. The van der Waals surface area contributed by atoms with Crippen molar-refractivity contribution in [3.05, 3.63) is 65.2 Å². The van der Waals surface area contributed by atoms with Gasteiger partial charge in [-0.05, 0) is 48.6 Å². The summed E-state index contributed by atoms with van der Waals surface area (Å²) >= 11 is 0. The van der Waals surface area contributed by atoms with Crippen molar-refractivity contribution in [1.29, 1.82) is 0 Å². The number of carbonyl (C=O) groups is 1. The molecule has 3 heteroatoms. The van der Waals surface area contributed by atoms with Crippen LogP contribution in [0.15, 0.2) is 48.5 Å². The molecule has 2 aromatic rings. The minimum atomic E-state index is -0.0771. The van der Waals surface area contributed by atoms with E-state index in [0.29, 0.717) is 0 Å². The molecule has 0 aliphatic heterocycles. The number of amides is 1. The Kier molecular flexibility index (Phi) is 5.52. The number of benzene rings is 2. The van der Waals surface area contributed by atoms with Crippen molar-refractivity contribution in [2.45, 2.75) is 26.2 Å². The van der Waals surface area contributed by atoms with Crippen LogP contribution in [0.4, 0.5) is 5.69 Å². The maximum atomic E-state index is 12.4. The van der Waals surface area contributed by atoms with Gasteiger partial charge < -0.3 is 10.4 Å². The molecule has 0 aromatic heterocycles. The van der Waals surface area contributed by atoms with Gasteiger partial charge in [0.15, 0.2) is 0 Å². The highest BCUT2D eigenvalue weighted by Crippen LogP contribution is 2.16. The number of rotatable bonds is 6. The zero-order valence-corrected chi connectivity index (χ0v) is 12.3. The molecule has 0 bridgehead atoms. The monoisotopic (exact) mass is 283 g/mol. The molecule has 0 saturated heterocycles. The molecule has 0 fully saturated rings. The first kappa shape index (κ1) is 15.3. The van der Waals surface area contributed by atoms with Crippen LogP contribution in [-0.4, -0.2) is 17.6 Å². The molecule has 0 spiro atoms. The number of hydrogen-bond donors (Lipinski definition) is 2. The van der Waals surface area contributed by atoms with E-state index in [4.69, 9.17) is 5.11 Å². The molecule has 0 unspecified atom stereocenters. The second kappa shape index (κ2) is 7.60. The van der Waals surface area contributed by atoms with Crippen molar-refractivity contribution in [3.63, 3.8) is 0 Å². The minimum absolute atomic E-state index is 0.0771. The number of hydrogen-bond acceptors (Lipinski definition) is 2. The Morgan fingerprint density at radius 2 is 1.95 bits per heavy atom. The van der Waals surface area contributed by atoms with Crippen LogP contribution in [0.1, 0.15) is 34.8 Å². The molecule has 21 heavy (non-hydrogen) atoms. The Morgan fingerprint density at radius 3 is 2.71 bits per heavy atom.